The van der Waals surface area contributed by atoms with Crippen molar-refractivity contribution < 1.29 is 9.59 Å². The largest absolute Gasteiger partial charge is 0.349 e. The molecule has 126 valence electrons. The van der Waals surface area contributed by atoms with Crippen molar-refractivity contribution in [1.29, 1.82) is 0 Å². The number of hydrogen-bond acceptors (Lipinski definition) is 5. The molecule has 5 nitrogen and oxygen atoms in total. The minimum atomic E-state index is -0.443. The van der Waals surface area contributed by atoms with Crippen LogP contribution < -0.4 is 5.32 Å². The first kappa shape index (κ1) is 17.4. The van der Waals surface area contributed by atoms with Gasteiger partial charge in [-0.05, 0) is 25.1 Å². The molecule has 1 unspecified atom stereocenters. The van der Waals surface area contributed by atoms with Crippen molar-refractivity contribution in [2.45, 2.75) is 19.5 Å². The van der Waals surface area contributed by atoms with Crippen LogP contribution in [0.3, 0.4) is 0 Å². The zero-order chi connectivity index (χ0) is 17.1. The fourth-order valence-electron chi connectivity index (χ4n) is 2.43. The van der Waals surface area contributed by atoms with Gasteiger partial charge >= 0.3 is 0 Å². The molecule has 2 amide bonds. The number of aromatic nitrogens is 1. The normalized spacial score (nSPS) is 17.1. The second-order valence-corrected chi connectivity index (χ2v) is 8.35. The van der Waals surface area contributed by atoms with Crippen molar-refractivity contribution in [3.05, 3.63) is 50.4 Å². The first-order chi connectivity index (χ1) is 11.5. The molecule has 2 heterocycles. The third kappa shape index (κ3) is 3.99. The Hall–Kier alpha value is -1.38. The molecule has 1 fully saturated rings. The quantitative estimate of drug-likeness (QED) is 0.817. The SMILES string of the molecule is Cc1nc(CNC(=O)C2CSCN2C(=O)c2cccc(Br)c2)cs1. The number of carbonyl (C=O) groups excluding carboxylic acids is 2. The third-order valence-electron chi connectivity index (χ3n) is 3.63. The molecule has 1 aliphatic rings. The number of amides is 2. The van der Waals surface area contributed by atoms with Crippen LogP contribution in [0.25, 0.3) is 0 Å². The standard InChI is InChI=1S/C16H16BrN3O2S2/c1-10-19-13(7-24-10)6-18-15(21)14-8-23-9-20(14)16(22)11-3-2-4-12(17)5-11/h2-5,7,14H,6,8-9H2,1H3,(H,18,21). The van der Waals surface area contributed by atoms with Crippen LogP contribution >= 0.6 is 39.0 Å². The second-order valence-electron chi connectivity index (χ2n) is 5.38. The lowest BCUT2D eigenvalue weighted by molar-refractivity contribution is -0.124. The van der Waals surface area contributed by atoms with Gasteiger partial charge in [0, 0.05) is 21.2 Å². The number of hydrogen-bond donors (Lipinski definition) is 1. The number of rotatable bonds is 4. The van der Waals surface area contributed by atoms with E-state index in [2.05, 4.69) is 26.2 Å². The molecule has 2 aromatic rings. The van der Waals surface area contributed by atoms with E-state index in [1.54, 1.807) is 40.1 Å². The fourth-order valence-corrected chi connectivity index (χ4v) is 4.60. The van der Waals surface area contributed by atoms with Crippen LogP contribution in [0, 0.1) is 6.92 Å². The molecule has 1 aromatic carbocycles. The van der Waals surface area contributed by atoms with Crippen LogP contribution in [0.4, 0.5) is 0 Å². The minimum absolute atomic E-state index is 0.119. The molecule has 0 radical (unpaired) electrons. The van der Waals surface area contributed by atoms with Gasteiger partial charge in [-0.25, -0.2) is 4.98 Å². The van der Waals surface area contributed by atoms with Gasteiger partial charge in [-0.15, -0.1) is 23.1 Å². The van der Waals surface area contributed by atoms with Crippen molar-refractivity contribution >= 4 is 50.8 Å². The van der Waals surface area contributed by atoms with E-state index < -0.39 is 6.04 Å². The van der Waals surface area contributed by atoms with Gasteiger partial charge in [0.1, 0.15) is 6.04 Å². The number of benzene rings is 1. The van der Waals surface area contributed by atoms with Crippen molar-refractivity contribution in [1.82, 2.24) is 15.2 Å². The van der Waals surface area contributed by atoms with Crippen LogP contribution in [0.5, 0.6) is 0 Å². The Labute approximate surface area is 157 Å². The van der Waals surface area contributed by atoms with Gasteiger partial charge in [0.15, 0.2) is 0 Å². The Morgan fingerprint density at radius 1 is 1.46 bits per heavy atom. The molecule has 1 aliphatic heterocycles. The van der Waals surface area contributed by atoms with Crippen LogP contribution in [0.1, 0.15) is 21.1 Å². The smallest absolute Gasteiger partial charge is 0.255 e. The zero-order valence-electron chi connectivity index (χ0n) is 13.0. The Balaban J connectivity index is 1.66. The van der Waals surface area contributed by atoms with Crippen molar-refractivity contribution in [2.75, 3.05) is 11.6 Å². The van der Waals surface area contributed by atoms with Crippen LogP contribution in [0.2, 0.25) is 0 Å². The first-order valence-corrected chi connectivity index (χ1v) is 10.2. The van der Waals surface area contributed by atoms with E-state index in [0.717, 1.165) is 15.2 Å². The lowest BCUT2D eigenvalue weighted by Crippen LogP contribution is -2.47. The molecule has 0 bridgehead atoms. The summed E-state index contributed by atoms with van der Waals surface area (Å²) in [6.07, 6.45) is 0. The average Bonchev–Trinajstić information content (AvgIpc) is 3.21. The monoisotopic (exact) mass is 425 g/mol. The number of thiazole rings is 1. The van der Waals surface area contributed by atoms with Gasteiger partial charge in [-0.1, -0.05) is 22.0 Å². The Kier molecular flexibility index (Phi) is 5.57. The molecular weight excluding hydrogens is 410 g/mol. The molecule has 24 heavy (non-hydrogen) atoms. The van der Waals surface area contributed by atoms with E-state index in [4.69, 9.17) is 0 Å². The average molecular weight is 426 g/mol. The summed E-state index contributed by atoms with van der Waals surface area (Å²) in [7, 11) is 0. The van der Waals surface area contributed by atoms with E-state index in [0.29, 0.717) is 23.7 Å². The number of thioether (sulfide) groups is 1. The topological polar surface area (TPSA) is 62.3 Å². The van der Waals surface area contributed by atoms with E-state index in [1.165, 1.54) is 0 Å². The molecule has 1 aromatic heterocycles. The molecule has 8 heteroatoms. The number of carbonyl (C=O) groups is 2. The Bertz CT molecular complexity index is 765. The van der Waals surface area contributed by atoms with E-state index in [1.807, 2.05) is 24.4 Å². The lowest BCUT2D eigenvalue weighted by atomic mass is 10.1. The van der Waals surface area contributed by atoms with Crippen LogP contribution in [0.15, 0.2) is 34.1 Å². The number of halogens is 1. The molecule has 0 spiro atoms. The van der Waals surface area contributed by atoms with Gasteiger partial charge in [-0.3, -0.25) is 9.59 Å². The van der Waals surface area contributed by atoms with Crippen LogP contribution in [-0.4, -0.2) is 39.4 Å². The van der Waals surface area contributed by atoms with Gasteiger partial charge in [0.05, 0.1) is 23.1 Å². The van der Waals surface area contributed by atoms with Crippen molar-refractivity contribution in [3.8, 4) is 0 Å². The van der Waals surface area contributed by atoms with E-state index in [-0.39, 0.29) is 11.8 Å². The summed E-state index contributed by atoms with van der Waals surface area (Å²) in [6, 6.07) is 6.79. The highest BCUT2D eigenvalue weighted by molar-refractivity contribution is 9.10. The summed E-state index contributed by atoms with van der Waals surface area (Å²) in [4.78, 5) is 31.1. The predicted molar refractivity (Wildman–Crippen MR) is 100 cm³/mol. The summed E-state index contributed by atoms with van der Waals surface area (Å²) >= 11 is 6.52. The number of nitrogens with zero attached hydrogens (tertiary/aromatic N) is 2. The van der Waals surface area contributed by atoms with Gasteiger partial charge in [0.2, 0.25) is 5.91 Å². The predicted octanol–water partition coefficient (Wildman–Crippen LogP) is 3.05. The zero-order valence-corrected chi connectivity index (χ0v) is 16.2. The molecule has 0 saturated carbocycles. The maximum absolute atomic E-state index is 12.7. The third-order valence-corrected chi connectivity index (χ3v) is 5.96. The van der Waals surface area contributed by atoms with E-state index in [9.17, 15) is 9.59 Å². The molecule has 1 saturated heterocycles. The lowest BCUT2D eigenvalue weighted by Gasteiger charge is -2.23. The van der Waals surface area contributed by atoms with E-state index >= 15 is 0 Å². The highest BCUT2D eigenvalue weighted by Crippen LogP contribution is 2.24. The van der Waals surface area contributed by atoms with Gasteiger partial charge in [0.25, 0.3) is 5.91 Å². The molecule has 3 rings (SSSR count). The summed E-state index contributed by atoms with van der Waals surface area (Å²) in [5.41, 5.74) is 1.43. The molecule has 0 aliphatic carbocycles. The summed E-state index contributed by atoms with van der Waals surface area (Å²) in [6.45, 7) is 2.32. The highest BCUT2D eigenvalue weighted by Gasteiger charge is 2.35. The van der Waals surface area contributed by atoms with Crippen molar-refractivity contribution in [3.63, 3.8) is 0 Å². The molecule has 1 N–H and O–H groups in total. The molecular formula is C16H16BrN3O2S2. The summed E-state index contributed by atoms with van der Waals surface area (Å²) in [5, 5.41) is 5.80. The maximum atomic E-state index is 12.7. The molecule has 1 atom stereocenters. The summed E-state index contributed by atoms with van der Waals surface area (Å²) in [5.74, 6) is 0.890. The van der Waals surface area contributed by atoms with Gasteiger partial charge in [-0.2, -0.15) is 0 Å². The van der Waals surface area contributed by atoms with Crippen LogP contribution in [-0.2, 0) is 11.3 Å². The number of aryl methyl sites for hydroxylation is 1. The highest BCUT2D eigenvalue weighted by atomic mass is 79.9. The fraction of sp³-hybridized carbons (Fsp3) is 0.312. The van der Waals surface area contributed by atoms with Gasteiger partial charge < -0.3 is 10.2 Å². The summed E-state index contributed by atoms with van der Waals surface area (Å²) < 4.78 is 0.847. The second kappa shape index (κ2) is 7.67. The number of nitrogens with one attached hydrogen (secondary N) is 1. The first-order valence-electron chi connectivity index (χ1n) is 7.37. The maximum Gasteiger partial charge on any atom is 0.255 e. The van der Waals surface area contributed by atoms with Crippen molar-refractivity contribution in [2.24, 2.45) is 0 Å². The Morgan fingerprint density at radius 2 is 2.29 bits per heavy atom. The minimum Gasteiger partial charge on any atom is -0.349 e. The Morgan fingerprint density at radius 3 is 3.00 bits per heavy atom.